The summed E-state index contributed by atoms with van der Waals surface area (Å²) < 4.78 is 0. The molecule has 4 heteroatoms. The lowest BCUT2D eigenvalue weighted by atomic mass is 9.96. The van der Waals surface area contributed by atoms with E-state index in [1.807, 2.05) is 35.2 Å². The van der Waals surface area contributed by atoms with Gasteiger partial charge >= 0.3 is 0 Å². The molecule has 1 fully saturated rings. The number of carbonyl (C=O) groups excluding carboxylic acids is 1. The first-order chi connectivity index (χ1) is 12.6. The lowest BCUT2D eigenvalue weighted by Crippen LogP contribution is -2.36. The number of hydrogen-bond acceptors (Lipinski definition) is 2. The summed E-state index contributed by atoms with van der Waals surface area (Å²) in [6.45, 7) is 3.04. The molecule has 1 amide bonds. The summed E-state index contributed by atoms with van der Waals surface area (Å²) in [7, 11) is 0. The molecule has 2 aliphatic rings. The highest BCUT2D eigenvalue weighted by molar-refractivity contribution is 6.32. The molecule has 0 aromatic heterocycles. The second-order valence-corrected chi connectivity index (χ2v) is 7.73. The van der Waals surface area contributed by atoms with E-state index in [4.69, 9.17) is 16.6 Å². The molecule has 0 spiro atoms. The highest BCUT2D eigenvalue weighted by Gasteiger charge is 2.28. The van der Waals surface area contributed by atoms with Crippen LogP contribution in [-0.4, -0.2) is 24.7 Å². The van der Waals surface area contributed by atoms with Gasteiger partial charge in [0, 0.05) is 22.7 Å². The molecule has 3 nitrogen and oxygen atoms in total. The molecule has 1 aliphatic carbocycles. The molecule has 0 bridgehead atoms. The van der Waals surface area contributed by atoms with Crippen LogP contribution in [0.25, 0.3) is 0 Å². The Labute approximate surface area is 159 Å². The molecule has 2 aromatic rings. The second kappa shape index (κ2) is 7.24. The lowest BCUT2D eigenvalue weighted by Gasteiger charge is -2.26. The standard InChI is InChI=1S/C22H23ClN2O/c1-15-6-2-5-9-18(15)22-19-12-17(23)10-11-20(19)25(21(26)13-24-22)14-16-7-3-4-8-16/h2,5-6,9-12,16H,3-4,7-8,13-14H2,1H3. The van der Waals surface area contributed by atoms with Crippen LogP contribution in [0.15, 0.2) is 47.5 Å². The fourth-order valence-electron chi connectivity index (χ4n) is 4.11. The quantitative estimate of drug-likeness (QED) is 0.750. The first-order valence-corrected chi connectivity index (χ1v) is 9.72. The zero-order chi connectivity index (χ0) is 18.1. The summed E-state index contributed by atoms with van der Waals surface area (Å²) in [4.78, 5) is 19.5. The van der Waals surface area contributed by atoms with E-state index in [0.29, 0.717) is 10.9 Å². The minimum Gasteiger partial charge on any atom is -0.310 e. The number of carbonyl (C=O) groups is 1. The van der Waals surface area contributed by atoms with E-state index in [-0.39, 0.29) is 12.5 Å². The van der Waals surface area contributed by atoms with Crippen molar-refractivity contribution in [1.82, 2.24) is 0 Å². The molecular weight excluding hydrogens is 344 g/mol. The summed E-state index contributed by atoms with van der Waals surface area (Å²) in [6, 6.07) is 14.0. The van der Waals surface area contributed by atoms with E-state index < -0.39 is 0 Å². The Kier molecular flexibility index (Phi) is 4.82. The third kappa shape index (κ3) is 3.28. The number of fused-ring (bicyclic) bond motifs is 1. The number of benzodiazepines with no additional fused rings is 1. The predicted molar refractivity (Wildman–Crippen MR) is 107 cm³/mol. The zero-order valence-corrected chi connectivity index (χ0v) is 15.8. The van der Waals surface area contributed by atoms with Gasteiger partial charge in [0.05, 0.1) is 11.4 Å². The lowest BCUT2D eigenvalue weighted by molar-refractivity contribution is -0.117. The van der Waals surface area contributed by atoms with Crippen molar-refractivity contribution in [2.45, 2.75) is 32.6 Å². The zero-order valence-electron chi connectivity index (χ0n) is 15.0. The maximum absolute atomic E-state index is 12.9. The van der Waals surface area contributed by atoms with Gasteiger partial charge in [0.2, 0.25) is 5.91 Å². The number of halogens is 1. The van der Waals surface area contributed by atoms with E-state index in [1.165, 1.54) is 25.7 Å². The Bertz CT molecular complexity index is 868. The van der Waals surface area contributed by atoms with Gasteiger partial charge in [-0.1, -0.05) is 48.7 Å². The first-order valence-electron chi connectivity index (χ1n) is 9.34. The molecule has 26 heavy (non-hydrogen) atoms. The highest BCUT2D eigenvalue weighted by atomic mass is 35.5. The molecule has 1 saturated carbocycles. The van der Waals surface area contributed by atoms with Crippen molar-refractivity contribution in [2.24, 2.45) is 10.9 Å². The van der Waals surface area contributed by atoms with Crippen LogP contribution in [0.2, 0.25) is 5.02 Å². The number of amides is 1. The van der Waals surface area contributed by atoms with Gasteiger partial charge in [-0.2, -0.15) is 0 Å². The number of benzene rings is 2. The Morgan fingerprint density at radius 1 is 1.12 bits per heavy atom. The van der Waals surface area contributed by atoms with Crippen LogP contribution in [-0.2, 0) is 4.79 Å². The van der Waals surface area contributed by atoms with Crippen molar-refractivity contribution >= 4 is 28.9 Å². The van der Waals surface area contributed by atoms with Crippen LogP contribution in [0.1, 0.15) is 42.4 Å². The van der Waals surface area contributed by atoms with Gasteiger partial charge in [0.15, 0.2) is 0 Å². The maximum Gasteiger partial charge on any atom is 0.248 e. The number of anilines is 1. The van der Waals surface area contributed by atoms with E-state index >= 15 is 0 Å². The smallest absolute Gasteiger partial charge is 0.248 e. The van der Waals surface area contributed by atoms with Crippen molar-refractivity contribution in [2.75, 3.05) is 18.0 Å². The van der Waals surface area contributed by atoms with E-state index in [0.717, 1.165) is 34.6 Å². The van der Waals surface area contributed by atoms with Crippen molar-refractivity contribution in [1.29, 1.82) is 0 Å². The van der Waals surface area contributed by atoms with E-state index in [9.17, 15) is 4.79 Å². The van der Waals surface area contributed by atoms with Gasteiger partial charge in [-0.05, 0) is 49.4 Å². The van der Waals surface area contributed by atoms with Crippen LogP contribution in [0.4, 0.5) is 5.69 Å². The summed E-state index contributed by atoms with van der Waals surface area (Å²) in [5.41, 5.74) is 4.96. The molecule has 0 N–H and O–H groups in total. The van der Waals surface area contributed by atoms with Gasteiger partial charge in [-0.15, -0.1) is 0 Å². The average Bonchev–Trinajstić information content (AvgIpc) is 3.10. The molecule has 134 valence electrons. The van der Waals surface area contributed by atoms with Gasteiger partial charge in [-0.25, -0.2) is 0 Å². The van der Waals surface area contributed by atoms with Gasteiger partial charge in [0.1, 0.15) is 6.54 Å². The van der Waals surface area contributed by atoms with Gasteiger partial charge in [0.25, 0.3) is 0 Å². The molecule has 4 rings (SSSR count). The topological polar surface area (TPSA) is 32.7 Å². The number of aryl methyl sites for hydroxylation is 1. The largest absolute Gasteiger partial charge is 0.310 e. The number of rotatable bonds is 3. The van der Waals surface area contributed by atoms with Crippen LogP contribution in [0, 0.1) is 12.8 Å². The Morgan fingerprint density at radius 3 is 2.65 bits per heavy atom. The van der Waals surface area contributed by atoms with E-state index in [1.54, 1.807) is 0 Å². The molecule has 0 radical (unpaired) electrons. The van der Waals surface area contributed by atoms with Crippen LogP contribution in [0.5, 0.6) is 0 Å². The first kappa shape index (κ1) is 17.3. The molecule has 1 heterocycles. The maximum atomic E-state index is 12.9. The summed E-state index contributed by atoms with van der Waals surface area (Å²) in [5, 5.41) is 0.667. The summed E-state index contributed by atoms with van der Waals surface area (Å²) in [5.74, 6) is 0.659. The molecule has 0 saturated heterocycles. The fraction of sp³-hybridized carbons (Fsp3) is 0.364. The Balaban J connectivity index is 1.81. The molecule has 1 aliphatic heterocycles. The predicted octanol–water partition coefficient (Wildman–Crippen LogP) is 5.02. The summed E-state index contributed by atoms with van der Waals surface area (Å²) >= 11 is 6.32. The minimum atomic E-state index is 0.0732. The molecule has 2 aromatic carbocycles. The normalized spacial score (nSPS) is 17.8. The monoisotopic (exact) mass is 366 g/mol. The average molecular weight is 367 g/mol. The SMILES string of the molecule is Cc1ccccc1C1=NCC(=O)N(CC2CCCC2)c2ccc(Cl)cc21. The third-order valence-corrected chi connectivity index (χ3v) is 5.73. The minimum absolute atomic E-state index is 0.0732. The van der Waals surface area contributed by atoms with E-state index in [2.05, 4.69) is 19.1 Å². The third-order valence-electron chi connectivity index (χ3n) is 5.49. The van der Waals surface area contributed by atoms with Crippen molar-refractivity contribution in [3.63, 3.8) is 0 Å². The molecule has 0 atom stereocenters. The van der Waals surface area contributed by atoms with Gasteiger partial charge in [-0.3, -0.25) is 9.79 Å². The number of aliphatic imine (C=N–C) groups is 1. The fourth-order valence-corrected chi connectivity index (χ4v) is 4.28. The summed E-state index contributed by atoms with van der Waals surface area (Å²) in [6.07, 6.45) is 4.95. The highest BCUT2D eigenvalue weighted by Crippen LogP contribution is 2.33. The van der Waals surface area contributed by atoms with Crippen LogP contribution < -0.4 is 4.90 Å². The Hall–Kier alpha value is -2.13. The molecule has 0 unspecified atom stereocenters. The second-order valence-electron chi connectivity index (χ2n) is 7.30. The van der Waals surface area contributed by atoms with Crippen LogP contribution >= 0.6 is 11.6 Å². The Morgan fingerprint density at radius 2 is 1.88 bits per heavy atom. The van der Waals surface area contributed by atoms with Crippen molar-refractivity contribution in [3.05, 3.63) is 64.2 Å². The van der Waals surface area contributed by atoms with Crippen molar-refractivity contribution < 1.29 is 4.79 Å². The molecular formula is C22H23ClN2O. The number of nitrogens with zero attached hydrogens (tertiary/aromatic N) is 2. The van der Waals surface area contributed by atoms with Crippen LogP contribution in [0.3, 0.4) is 0 Å². The van der Waals surface area contributed by atoms with Crippen molar-refractivity contribution in [3.8, 4) is 0 Å². The van der Waals surface area contributed by atoms with Gasteiger partial charge < -0.3 is 4.90 Å². The number of hydrogen-bond donors (Lipinski definition) is 0.